The molecule has 2 heterocycles. The molecule has 0 unspecified atom stereocenters. The molecule has 0 N–H and O–H groups in total. The summed E-state index contributed by atoms with van der Waals surface area (Å²) in [5.41, 5.74) is 1.67. The van der Waals surface area contributed by atoms with Gasteiger partial charge in [0.05, 0.1) is 5.39 Å². The third-order valence-corrected chi connectivity index (χ3v) is 7.41. The first-order chi connectivity index (χ1) is 18.6. The van der Waals surface area contributed by atoms with E-state index in [1.165, 1.54) is 4.57 Å². The molecule has 0 bridgehead atoms. The summed E-state index contributed by atoms with van der Waals surface area (Å²) in [5.74, 6) is -0.0143. The molecule has 1 aromatic heterocycles. The van der Waals surface area contributed by atoms with Gasteiger partial charge in [0.25, 0.3) is 5.56 Å². The Morgan fingerprint density at radius 1 is 0.763 bits per heavy atom. The highest BCUT2D eigenvalue weighted by atomic mass is 16.5. The Hall–Kier alpha value is -4.38. The molecule has 5 aromatic rings. The van der Waals surface area contributed by atoms with Crippen LogP contribution in [0.4, 0.5) is 0 Å². The van der Waals surface area contributed by atoms with Gasteiger partial charge in [-0.3, -0.25) is 4.79 Å². The van der Waals surface area contributed by atoms with Gasteiger partial charge >= 0.3 is 5.76 Å². The molecule has 0 spiro atoms. The second-order valence-electron chi connectivity index (χ2n) is 9.78. The number of aromatic nitrogens is 1. The van der Waals surface area contributed by atoms with Gasteiger partial charge in [0.15, 0.2) is 11.2 Å². The molecule has 1 aliphatic rings. The van der Waals surface area contributed by atoms with Crippen LogP contribution in [0.5, 0.6) is 5.75 Å². The number of hydrogen-bond donors (Lipinski definition) is 0. The van der Waals surface area contributed by atoms with Crippen LogP contribution in [0.3, 0.4) is 0 Å². The maximum absolute atomic E-state index is 13.8. The molecule has 4 aromatic carbocycles. The van der Waals surface area contributed by atoms with Gasteiger partial charge in [-0.05, 0) is 18.6 Å². The highest BCUT2D eigenvalue weighted by molar-refractivity contribution is 6.11. The average molecular weight is 504 g/mol. The van der Waals surface area contributed by atoms with E-state index >= 15 is 0 Å². The van der Waals surface area contributed by atoms with Crippen molar-refractivity contribution in [2.24, 2.45) is 0 Å². The second-order valence-corrected chi connectivity index (χ2v) is 9.78. The number of fused-ring (bicyclic) bond motifs is 6. The minimum Gasteiger partial charge on any atom is -0.472 e. The Kier molecular flexibility index (Phi) is 6.20. The zero-order valence-electron chi connectivity index (χ0n) is 21.4. The van der Waals surface area contributed by atoms with E-state index in [4.69, 9.17) is 9.15 Å². The molecule has 6 rings (SSSR count). The van der Waals surface area contributed by atoms with E-state index in [9.17, 15) is 9.59 Å². The molecule has 0 saturated heterocycles. The summed E-state index contributed by atoms with van der Waals surface area (Å²) >= 11 is 0. The lowest BCUT2D eigenvalue weighted by Crippen LogP contribution is -2.36. The quantitative estimate of drug-likeness (QED) is 0.177. The average Bonchev–Trinajstić information content (AvgIpc) is 2.97. The summed E-state index contributed by atoms with van der Waals surface area (Å²) in [6, 6.07) is 27.8. The Morgan fingerprint density at radius 3 is 2.05 bits per heavy atom. The molecular weight excluding hydrogens is 474 g/mol. The van der Waals surface area contributed by atoms with Crippen molar-refractivity contribution < 1.29 is 9.15 Å². The normalized spacial score (nSPS) is 13.9. The number of ether oxygens (including phenoxy) is 1. The van der Waals surface area contributed by atoms with E-state index in [0.29, 0.717) is 34.2 Å². The molecular formula is C33H29NO4. The first-order valence-corrected chi connectivity index (χ1v) is 13.3. The van der Waals surface area contributed by atoms with Crippen LogP contribution < -0.4 is 16.1 Å². The van der Waals surface area contributed by atoms with Crippen molar-refractivity contribution in [1.82, 2.24) is 4.57 Å². The van der Waals surface area contributed by atoms with Crippen LogP contribution in [-0.2, 0) is 12.1 Å². The number of benzene rings is 4. The van der Waals surface area contributed by atoms with E-state index in [2.05, 4.69) is 6.92 Å². The summed E-state index contributed by atoms with van der Waals surface area (Å²) < 4.78 is 14.1. The van der Waals surface area contributed by atoms with Gasteiger partial charge in [-0.15, -0.1) is 0 Å². The van der Waals surface area contributed by atoms with Crippen LogP contribution in [0, 0.1) is 0 Å². The van der Waals surface area contributed by atoms with Gasteiger partial charge in [-0.1, -0.05) is 111 Å². The van der Waals surface area contributed by atoms with Crippen molar-refractivity contribution in [3.63, 3.8) is 0 Å². The van der Waals surface area contributed by atoms with Crippen LogP contribution in [-0.4, -0.2) is 4.57 Å². The Balaban J connectivity index is 1.63. The maximum atomic E-state index is 13.8. The third-order valence-electron chi connectivity index (χ3n) is 7.41. The van der Waals surface area contributed by atoms with E-state index < -0.39 is 11.4 Å². The van der Waals surface area contributed by atoms with Gasteiger partial charge in [-0.2, -0.15) is 0 Å². The standard InChI is InChI=1S/C33H29NO4/c1-2-3-4-13-22-34-31(35)28-27-20-21-33(23-14-7-5-8-15-23,24-16-9-6-10-17-24)38-29(27)25-18-11-12-19-26(25)30(28)37-32(34)36/h5-12,14-21H,2-4,13,22H2,1H3. The van der Waals surface area contributed by atoms with E-state index in [1.807, 2.05) is 97.1 Å². The van der Waals surface area contributed by atoms with Crippen LogP contribution in [0.25, 0.3) is 27.8 Å². The zero-order valence-corrected chi connectivity index (χ0v) is 21.4. The largest absolute Gasteiger partial charge is 0.472 e. The summed E-state index contributed by atoms with van der Waals surface area (Å²) in [4.78, 5) is 26.8. The summed E-state index contributed by atoms with van der Waals surface area (Å²) in [7, 11) is 0. The fourth-order valence-corrected chi connectivity index (χ4v) is 5.48. The van der Waals surface area contributed by atoms with Crippen molar-refractivity contribution >= 4 is 27.8 Å². The molecule has 0 aliphatic carbocycles. The van der Waals surface area contributed by atoms with Gasteiger partial charge in [-0.25, -0.2) is 9.36 Å². The number of hydrogen-bond acceptors (Lipinski definition) is 4. The lowest BCUT2D eigenvalue weighted by molar-refractivity contribution is 0.164. The van der Waals surface area contributed by atoms with E-state index in [0.717, 1.165) is 42.2 Å². The van der Waals surface area contributed by atoms with Crippen LogP contribution in [0.1, 0.15) is 49.3 Å². The van der Waals surface area contributed by atoms with Gasteiger partial charge in [0.1, 0.15) is 5.75 Å². The number of unbranched alkanes of at least 4 members (excludes halogenated alkanes) is 3. The molecule has 0 fully saturated rings. The van der Waals surface area contributed by atoms with Crippen LogP contribution in [0.2, 0.25) is 0 Å². The van der Waals surface area contributed by atoms with E-state index in [-0.39, 0.29) is 5.56 Å². The number of nitrogens with zero attached hydrogens (tertiary/aromatic N) is 1. The fourth-order valence-electron chi connectivity index (χ4n) is 5.48. The molecule has 1 aliphatic heterocycles. The molecule has 0 radical (unpaired) electrons. The van der Waals surface area contributed by atoms with Gasteiger partial charge < -0.3 is 9.15 Å². The van der Waals surface area contributed by atoms with Crippen molar-refractivity contribution in [3.05, 3.63) is 129 Å². The predicted octanol–water partition coefficient (Wildman–Crippen LogP) is 7.04. The smallest absolute Gasteiger partial charge is 0.422 e. The summed E-state index contributed by atoms with van der Waals surface area (Å²) in [6.45, 7) is 2.46. The minimum atomic E-state index is -0.888. The monoisotopic (exact) mass is 503 g/mol. The lowest BCUT2D eigenvalue weighted by Gasteiger charge is -2.36. The molecule has 5 heteroatoms. The molecule has 190 valence electrons. The summed E-state index contributed by atoms with van der Waals surface area (Å²) in [5, 5.41) is 1.84. The SMILES string of the molecule is CCCCCCn1c(=O)oc2c(c3c(c4ccccc42)OC(c2ccccc2)(c2ccccc2)C=C3)c1=O. The maximum Gasteiger partial charge on any atom is 0.422 e. The zero-order chi connectivity index (χ0) is 26.1. The molecule has 38 heavy (non-hydrogen) atoms. The Labute approximate surface area is 220 Å². The van der Waals surface area contributed by atoms with Crippen molar-refractivity contribution in [2.75, 3.05) is 0 Å². The lowest BCUT2D eigenvalue weighted by atomic mass is 9.83. The van der Waals surface area contributed by atoms with Crippen LogP contribution >= 0.6 is 0 Å². The number of rotatable bonds is 7. The minimum absolute atomic E-state index is 0.305. The highest BCUT2D eigenvalue weighted by Gasteiger charge is 2.38. The second kappa shape index (κ2) is 9.82. The third kappa shape index (κ3) is 3.86. The Bertz CT molecular complexity index is 1730. The summed E-state index contributed by atoms with van der Waals surface area (Å²) in [6.07, 6.45) is 7.80. The van der Waals surface area contributed by atoms with Crippen molar-refractivity contribution in [1.29, 1.82) is 0 Å². The Morgan fingerprint density at radius 2 is 1.39 bits per heavy atom. The molecule has 0 amide bonds. The van der Waals surface area contributed by atoms with Gasteiger partial charge in [0, 0.05) is 34.0 Å². The molecule has 5 nitrogen and oxygen atoms in total. The topological polar surface area (TPSA) is 61.4 Å². The predicted molar refractivity (Wildman–Crippen MR) is 152 cm³/mol. The van der Waals surface area contributed by atoms with Gasteiger partial charge in [0.2, 0.25) is 0 Å². The first kappa shape index (κ1) is 24.0. The van der Waals surface area contributed by atoms with Crippen molar-refractivity contribution in [2.45, 2.75) is 44.8 Å². The van der Waals surface area contributed by atoms with Crippen molar-refractivity contribution in [3.8, 4) is 5.75 Å². The molecule has 0 saturated carbocycles. The van der Waals surface area contributed by atoms with Crippen LogP contribution in [0.15, 0.2) is 105 Å². The fraction of sp³-hybridized carbons (Fsp3) is 0.212. The first-order valence-electron chi connectivity index (χ1n) is 13.3. The molecule has 0 atom stereocenters. The van der Waals surface area contributed by atoms with E-state index in [1.54, 1.807) is 0 Å². The highest BCUT2D eigenvalue weighted by Crippen LogP contribution is 2.47.